The summed E-state index contributed by atoms with van der Waals surface area (Å²) in [6.45, 7) is 6.25. The number of rotatable bonds is 2. The Morgan fingerprint density at radius 2 is 2.00 bits per heavy atom. The molecule has 0 spiro atoms. The molecular formula is C7H10NO4. The van der Waals surface area contributed by atoms with Crippen LogP contribution in [0.3, 0.4) is 0 Å². The first kappa shape index (κ1) is 10.5. The molecule has 67 valence electrons. The van der Waals surface area contributed by atoms with Crippen LogP contribution in [-0.2, 0) is 14.7 Å². The van der Waals surface area contributed by atoms with Crippen LogP contribution in [0.5, 0.6) is 0 Å². The van der Waals surface area contributed by atoms with Crippen molar-refractivity contribution in [3.8, 4) is 0 Å². The van der Waals surface area contributed by atoms with Gasteiger partial charge < -0.3 is 4.84 Å². The zero-order valence-corrected chi connectivity index (χ0v) is 6.99. The molecule has 0 aliphatic carbocycles. The molecule has 0 saturated heterocycles. The van der Waals surface area contributed by atoms with Crippen molar-refractivity contribution in [3.05, 3.63) is 12.2 Å². The van der Waals surface area contributed by atoms with E-state index in [1.54, 1.807) is 0 Å². The first-order chi connectivity index (χ1) is 5.49. The summed E-state index contributed by atoms with van der Waals surface area (Å²) in [6, 6.07) is 0. The topological polar surface area (TPSA) is 66.5 Å². The monoisotopic (exact) mass is 172 g/mol. The summed E-state index contributed by atoms with van der Waals surface area (Å²) >= 11 is 0. The fourth-order valence-corrected chi connectivity index (χ4v) is 0.409. The van der Waals surface area contributed by atoms with Crippen molar-refractivity contribution < 1.29 is 19.5 Å². The van der Waals surface area contributed by atoms with Crippen LogP contribution < -0.4 is 0 Å². The van der Waals surface area contributed by atoms with Gasteiger partial charge in [0.1, 0.15) is 0 Å². The number of nitrogens with zero attached hydrogens (tertiary/aromatic N) is 1. The van der Waals surface area contributed by atoms with Gasteiger partial charge in [-0.2, -0.15) is 0 Å². The van der Waals surface area contributed by atoms with Crippen molar-refractivity contribution in [1.29, 1.82) is 0 Å². The Labute approximate surface area is 70.2 Å². The maximum atomic E-state index is 10.8. The summed E-state index contributed by atoms with van der Waals surface area (Å²) in [5, 5.41) is 10.6. The highest BCUT2D eigenvalue weighted by Crippen LogP contribution is 1.97. The van der Waals surface area contributed by atoms with E-state index < -0.39 is 12.1 Å². The SMILES string of the molecule is C=C(C)C(=O)ON(CC)C([O])=O. The molecule has 0 aromatic rings. The minimum Gasteiger partial charge on any atom is -0.330 e. The van der Waals surface area contributed by atoms with Crippen molar-refractivity contribution in [1.82, 2.24) is 5.06 Å². The van der Waals surface area contributed by atoms with E-state index in [0.29, 0.717) is 5.06 Å². The summed E-state index contributed by atoms with van der Waals surface area (Å²) in [6.07, 6.45) is -1.55. The second-order valence-corrected chi connectivity index (χ2v) is 2.12. The first-order valence-corrected chi connectivity index (χ1v) is 3.35. The molecule has 0 saturated carbocycles. The zero-order chi connectivity index (χ0) is 9.72. The van der Waals surface area contributed by atoms with E-state index in [9.17, 15) is 14.7 Å². The van der Waals surface area contributed by atoms with E-state index in [1.807, 2.05) is 0 Å². The minimum absolute atomic E-state index is 0.0291. The molecule has 0 aromatic carbocycles. The molecule has 0 rings (SSSR count). The molecule has 0 fully saturated rings. The smallest absolute Gasteiger partial charge is 0.330 e. The van der Waals surface area contributed by atoms with Crippen LogP contribution in [0.15, 0.2) is 12.2 Å². The molecule has 0 heterocycles. The average Bonchev–Trinajstić information content (AvgIpc) is 1.98. The lowest BCUT2D eigenvalue weighted by atomic mass is 10.4. The molecule has 0 N–H and O–H groups in total. The normalized spacial score (nSPS) is 8.83. The molecule has 0 aromatic heterocycles. The molecule has 0 bridgehead atoms. The van der Waals surface area contributed by atoms with Gasteiger partial charge in [0.15, 0.2) is 0 Å². The van der Waals surface area contributed by atoms with E-state index in [1.165, 1.54) is 13.8 Å². The van der Waals surface area contributed by atoms with Gasteiger partial charge in [0.25, 0.3) is 0 Å². The van der Waals surface area contributed by atoms with Gasteiger partial charge in [0.05, 0.1) is 6.54 Å². The molecule has 12 heavy (non-hydrogen) atoms. The Balaban J connectivity index is 4.12. The number of hydroxylamine groups is 2. The number of carbonyl (C=O) groups excluding carboxylic acids is 2. The predicted molar refractivity (Wildman–Crippen MR) is 39.4 cm³/mol. The fraction of sp³-hybridized carbons (Fsp3) is 0.429. The van der Waals surface area contributed by atoms with Crippen LogP contribution in [0.4, 0.5) is 4.79 Å². The van der Waals surface area contributed by atoms with E-state index in [2.05, 4.69) is 11.4 Å². The third kappa shape index (κ3) is 3.05. The van der Waals surface area contributed by atoms with Gasteiger partial charge >= 0.3 is 12.1 Å². The van der Waals surface area contributed by atoms with Crippen LogP contribution in [0.1, 0.15) is 13.8 Å². The molecule has 0 unspecified atom stereocenters. The zero-order valence-electron chi connectivity index (χ0n) is 6.99. The summed E-state index contributed by atoms with van der Waals surface area (Å²) in [4.78, 5) is 25.3. The molecule has 0 aliphatic rings. The number of hydrogen-bond acceptors (Lipinski definition) is 3. The second kappa shape index (κ2) is 4.38. The Bertz CT molecular complexity index is 211. The van der Waals surface area contributed by atoms with Gasteiger partial charge in [-0.3, -0.25) is 0 Å². The van der Waals surface area contributed by atoms with Crippen LogP contribution in [-0.4, -0.2) is 23.7 Å². The molecule has 0 aliphatic heterocycles. The van der Waals surface area contributed by atoms with Gasteiger partial charge in [0.2, 0.25) is 0 Å². The summed E-state index contributed by atoms with van der Waals surface area (Å²) in [5.74, 6) is -0.777. The van der Waals surface area contributed by atoms with Gasteiger partial charge in [-0.05, 0) is 13.8 Å². The van der Waals surface area contributed by atoms with E-state index >= 15 is 0 Å². The van der Waals surface area contributed by atoms with Gasteiger partial charge in [-0.1, -0.05) is 6.58 Å². The van der Waals surface area contributed by atoms with E-state index in [4.69, 9.17) is 0 Å². The minimum atomic E-state index is -1.55. The van der Waals surface area contributed by atoms with Crippen molar-refractivity contribution in [2.75, 3.05) is 6.54 Å². The highest BCUT2D eigenvalue weighted by Gasteiger charge is 2.16. The number of amides is 1. The van der Waals surface area contributed by atoms with Crippen molar-refractivity contribution in [2.45, 2.75) is 13.8 Å². The van der Waals surface area contributed by atoms with Crippen LogP contribution in [0.25, 0.3) is 0 Å². The van der Waals surface area contributed by atoms with Crippen molar-refractivity contribution >= 4 is 12.1 Å². The van der Waals surface area contributed by atoms with Crippen molar-refractivity contribution in [2.24, 2.45) is 0 Å². The lowest BCUT2D eigenvalue weighted by molar-refractivity contribution is -0.175. The van der Waals surface area contributed by atoms with Crippen LogP contribution >= 0.6 is 0 Å². The van der Waals surface area contributed by atoms with Crippen molar-refractivity contribution in [3.63, 3.8) is 0 Å². The van der Waals surface area contributed by atoms with Crippen LogP contribution in [0, 0.1) is 0 Å². The molecule has 5 nitrogen and oxygen atoms in total. The summed E-state index contributed by atoms with van der Waals surface area (Å²) in [5.41, 5.74) is 0.134. The quantitative estimate of drug-likeness (QED) is 0.459. The van der Waals surface area contributed by atoms with Gasteiger partial charge in [-0.15, -0.1) is 5.06 Å². The standard InChI is InChI=1S/C7H10NO4/c1-4-8(7(10)11)12-6(9)5(2)3/h2,4H2,1,3H3. The number of hydrogen-bond donors (Lipinski definition) is 0. The lowest BCUT2D eigenvalue weighted by Crippen LogP contribution is -2.31. The molecule has 0 atom stereocenters. The molecule has 5 heteroatoms. The van der Waals surface area contributed by atoms with E-state index in [0.717, 1.165) is 0 Å². The predicted octanol–water partition coefficient (Wildman–Crippen LogP) is 0.893. The summed E-state index contributed by atoms with van der Waals surface area (Å²) in [7, 11) is 0. The molecular weight excluding hydrogens is 162 g/mol. The first-order valence-electron chi connectivity index (χ1n) is 3.35. The second-order valence-electron chi connectivity index (χ2n) is 2.12. The Morgan fingerprint density at radius 3 is 2.25 bits per heavy atom. The molecule has 1 amide bonds. The summed E-state index contributed by atoms with van der Waals surface area (Å²) < 4.78 is 0. The third-order valence-corrected chi connectivity index (χ3v) is 1.03. The highest BCUT2D eigenvalue weighted by molar-refractivity contribution is 5.87. The van der Waals surface area contributed by atoms with Gasteiger partial charge in [-0.25, -0.2) is 14.7 Å². The highest BCUT2D eigenvalue weighted by atomic mass is 16.7. The Kier molecular flexibility index (Phi) is 3.82. The van der Waals surface area contributed by atoms with E-state index in [-0.39, 0.29) is 12.1 Å². The largest absolute Gasteiger partial charge is 0.485 e. The average molecular weight is 172 g/mol. The number of carbonyl (C=O) groups is 2. The fourth-order valence-electron chi connectivity index (χ4n) is 0.409. The molecule has 1 radical (unpaired) electrons. The lowest BCUT2D eigenvalue weighted by Gasteiger charge is -2.13. The Morgan fingerprint density at radius 1 is 1.50 bits per heavy atom. The maximum Gasteiger partial charge on any atom is 0.485 e. The third-order valence-electron chi connectivity index (χ3n) is 1.03. The maximum absolute atomic E-state index is 10.8. The Hall–Kier alpha value is -1.52. The van der Waals surface area contributed by atoms with Crippen LogP contribution in [0.2, 0.25) is 0 Å². The van der Waals surface area contributed by atoms with Gasteiger partial charge in [0, 0.05) is 5.57 Å².